The zero-order valence-electron chi connectivity index (χ0n) is 9.73. The van der Waals surface area contributed by atoms with Crippen molar-refractivity contribution in [3.8, 4) is 11.8 Å². The third-order valence-electron chi connectivity index (χ3n) is 2.31. The predicted molar refractivity (Wildman–Crippen MR) is 62.8 cm³/mol. The first kappa shape index (κ1) is 12.3. The van der Waals surface area contributed by atoms with Gasteiger partial charge in [-0.2, -0.15) is 5.26 Å². The lowest BCUT2D eigenvalue weighted by Gasteiger charge is -2.14. The molecule has 0 amide bonds. The van der Waals surface area contributed by atoms with E-state index in [1.54, 1.807) is 18.3 Å². The highest BCUT2D eigenvalue weighted by atomic mass is 16.5. The minimum absolute atomic E-state index is 0.288. The van der Waals surface area contributed by atoms with Gasteiger partial charge in [-0.05, 0) is 38.8 Å². The Morgan fingerprint density at radius 1 is 1.56 bits per heavy atom. The molecule has 0 aliphatic heterocycles. The van der Waals surface area contributed by atoms with Gasteiger partial charge in [0.1, 0.15) is 0 Å². The smallest absolute Gasteiger partial charge is 0.166 e. The molecule has 1 rings (SSSR count). The Morgan fingerprint density at radius 2 is 2.31 bits per heavy atom. The van der Waals surface area contributed by atoms with Gasteiger partial charge >= 0.3 is 0 Å². The summed E-state index contributed by atoms with van der Waals surface area (Å²) in [5, 5.41) is 8.83. The first-order valence-corrected chi connectivity index (χ1v) is 5.30. The Balaban J connectivity index is 2.33. The Morgan fingerprint density at radius 3 is 2.94 bits per heavy atom. The van der Waals surface area contributed by atoms with Gasteiger partial charge in [0.25, 0.3) is 0 Å². The molecule has 2 N–H and O–H groups in total. The van der Waals surface area contributed by atoms with E-state index >= 15 is 0 Å². The molecular formula is C12H17N3O. The van der Waals surface area contributed by atoms with E-state index in [-0.39, 0.29) is 5.41 Å². The molecule has 86 valence electrons. The number of nitrogen functional groups attached to an aromatic ring is 1. The highest BCUT2D eigenvalue weighted by molar-refractivity contribution is 5.44. The molecule has 0 saturated carbocycles. The van der Waals surface area contributed by atoms with Crippen LogP contribution in [0.4, 0.5) is 5.82 Å². The number of pyridine rings is 1. The third kappa shape index (κ3) is 3.77. The van der Waals surface area contributed by atoms with Gasteiger partial charge in [-0.3, -0.25) is 0 Å². The zero-order valence-corrected chi connectivity index (χ0v) is 9.73. The SMILES string of the molecule is CC(C)(C#N)CCCOc1cccnc1N. The van der Waals surface area contributed by atoms with Crippen LogP contribution in [0, 0.1) is 16.7 Å². The van der Waals surface area contributed by atoms with Crippen LogP contribution in [0.1, 0.15) is 26.7 Å². The number of rotatable bonds is 5. The molecule has 0 atom stereocenters. The summed E-state index contributed by atoms with van der Waals surface area (Å²) < 4.78 is 5.48. The first-order valence-electron chi connectivity index (χ1n) is 5.30. The molecule has 1 aromatic rings. The Hall–Kier alpha value is -1.76. The van der Waals surface area contributed by atoms with Gasteiger partial charge in [0.2, 0.25) is 0 Å². The van der Waals surface area contributed by atoms with Crippen LogP contribution < -0.4 is 10.5 Å². The van der Waals surface area contributed by atoms with Gasteiger partial charge in [-0.25, -0.2) is 4.98 Å². The van der Waals surface area contributed by atoms with Crippen LogP contribution in [0.2, 0.25) is 0 Å². The van der Waals surface area contributed by atoms with Gasteiger partial charge < -0.3 is 10.5 Å². The lowest BCUT2D eigenvalue weighted by molar-refractivity contribution is 0.285. The van der Waals surface area contributed by atoms with Crippen molar-refractivity contribution in [3.05, 3.63) is 18.3 Å². The minimum Gasteiger partial charge on any atom is -0.490 e. The summed E-state index contributed by atoms with van der Waals surface area (Å²) >= 11 is 0. The first-order chi connectivity index (χ1) is 7.55. The number of anilines is 1. The second-order valence-electron chi connectivity index (χ2n) is 4.33. The maximum Gasteiger partial charge on any atom is 0.166 e. The summed E-state index contributed by atoms with van der Waals surface area (Å²) in [7, 11) is 0. The van der Waals surface area contributed by atoms with Gasteiger partial charge in [0, 0.05) is 6.20 Å². The number of hydrogen-bond donors (Lipinski definition) is 1. The van der Waals surface area contributed by atoms with Crippen LogP contribution in [0.15, 0.2) is 18.3 Å². The summed E-state index contributed by atoms with van der Waals surface area (Å²) in [4.78, 5) is 3.92. The van der Waals surface area contributed by atoms with Gasteiger partial charge in [0.05, 0.1) is 18.1 Å². The fourth-order valence-corrected chi connectivity index (χ4v) is 1.28. The molecule has 4 nitrogen and oxygen atoms in total. The van der Waals surface area contributed by atoms with Crippen LogP contribution in [0.3, 0.4) is 0 Å². The van der Waals surface area contributed by atoms with Crippen molar-refractivity contribution >= 4 is 5.82 Å². The van der Waals surface area contributed by atoms with Crippen molar-refractivity contribution in [3.63, 3.8) is 0 Å². The molecule has 0 saturated heterocycles. The van der Waals surface area contributed by atoms with Crippen LogP contribution in [-0.2, 0) is 0 Å². The van der Waals surface area contributed by atoms with Crippen LogP contribution in [0.25, 0.3) is 0 Å². The molecule has 0 fully saturated rings. The average Bonchev–Trinajstić information content (AvgIpc) is 2.27. The van der Waals surface area contributed by atoms with Crippen molar-refractivity contribution in [2.24, 2.45) is 5.41 Å². The van der Waals surface area contributed by atoms with Gasteiger partial charge in [-0.1, -0.05) is 0 Å². The van der Waals surface area contributed by atoms with E-state index in [2.05, 4.69) is 11.1 Å². The van der Waals surface area contributed by atoms with Crippen LogP contribution in [-0.4, -0.2) is 11.6 Å². The fourth-order valence-electron chi connectivity index (χ4n) is 1.28. The van der Waals surface area contributed by atoms with Crippen LogP contribution >= 0.6 is 0 Å². The molecular weight excluding hydrogens is 202 g/mol. The second kappa shape index (κ2) is 5.36. The molecule has 1 aromatic heterocycles. The monoisotopic (exact) mass is 219 g/mol. The number of hydrogen-bond acceptors (Lipinski definition) is 4. The Kier molecular flexibility index (Phi) is 4.12. The van der Waals surface area contributed by atoms with Crippen molar-refractivity contribution in [1.82, 2.24) is 4.98 Å². The molecule has 16 heavy (non-hydrogen) atoms. The molecule has 0 bridgehead atoms. The number of aromatic nitrogens is 1. The molecule has 4 heteroatoms. The maximum atomic E-state index is 8.83. The largest absolute Gasteiger partial charge is 0.490 e. The average molecular weight is 219 g/mol. The second-order valence-corrected chi connectivity index (χ2v) is 4.33. The normalized spacial score (nSPS) is 10.8. The molecule has 0 unspecified atom stereocenters. The quantitative estimate of drug-likeness (QED) is 0.772. The standard InChI is InChI=1S/C12H17N3O/c1-12(2,9-13)6-4-8-16-10-5-3-7-15-11(10)14/h3,5,7H,4,6,8H2,1-2H3,(H2,14,15). The van der Waals surface area contributed by atoms with E-state index in [0.29, 0.717) is 18.2 Å². The lowest BCUT2D eigenvalue weighted by Crippen LogP contribution is -2.10. The van der Waals surface area contributed by atoms with Crippen molar-refractivity contribution in [1.29, 1.82) is 5.26 Å². The summed E-state index contributed by atoms with van der Waals surface area (Å²) in [5.41, 5.74) is 5.34. The highest BCUT2D eigenvalue weighted by Gasteiger charge is 2.15. The number of nitriles is 1. The summed E-state index contributed by atoms with van der Waals surface area (Å²) in [6.45, 7) is 4.40. The summed E-state index contributed by atoms with van der Waals surface area (Å²) in [6, 6.07) is 5.83. The minimum atomic E-state index is -0.288. The van der Waals surface area contributed by atoms with E-state index in [4.69, 9.17) is 15.7 Å². The Bertz CT molecular complexity index is 382. The molecule has 1 heterocycles. The molecule has 0 aliphatic rings. The van der Waals surface area contributed by atoms with Gasteiger partial charge in [-0.15, -0.1) is 0 Å². The van der Waals surface area contributed by atoms with E-state index in [9.17, 15) is 0 Å². The molecule has 0 spiro atoms. The predicted octanol–water partition coefficient (Wildman–Crippen LogP) is 2.37. The molecule has 0 aliphatic carbocycles. The highest BCUT2D eigenvalue weighted by Crippen LogP contribution is 2.22. The fraction of sp³-hybridized carbons (Fsp3) is 0.500. The van der Waals surface area contributed by atoms with E-state index in [0.717, 1.165) is 12.8 Å². The summed E-state index contributed by atoms with van der Waals surface area (Å²) in [6.07, 6.45) is 3.26. The van der Waals surface area contributed by atoms with E-state index in [1.165, 1.54) is 0 Å². The van der Waals surface area contributed by atoms with Gasteiger partial charge in [0.15, 0.2) is 11.6 Å². The number of nitrogens with two attached hydrogens (primary N) is 1. The van der Waals surface area contributed by atoms with Crippen molar-refractivity contribution < 1.29 is 4.74 Å². The van der Waals surface area contributed by atoms with Crippen molar-refractivity contribution in [2.45, 2.75) is 26.7 Å². The zero-order chi connectivity index (χ0) is 12.0. The third-order valence-corrected chi connectivity index (χ3v) is 2.31. The number of nitrogens with zero attached hydrogens (tertiary/aromatic N) is 2. The molecule has 0 radical (unpaired) electrons. The summed E-state index contributed by atoms with van der Waals surface area (Å²) in [5.74, 6) is 1.01. The van der Waals surface area contributed by atoms with Crippen LogP contribution in [0.5, 0.6) is 5.75 Å². The molecule has 0 aromatic carbocycles. The van der Waals surface area contributed by atoms with E-state index in [1.807, 2.05) is 13.8 Å². The number of ether oxygens (including phenoxy) is 1. The van der Waals surface area contributed by atoms with E-state index < -0.39 is 0 Å². The maximum absolute atomic E-state index is 8.83. The Labute approximate surface area is 96.1 Å². The lowest BCUT2D eigenvalue weighted by atomic mass is 9.90. The topological polar surface area (TPSA) is 71.9 Å². The van der Waals surface area contributed by atoms with Crippen molar-refractivity contribution in [2.75, 3.05) is 12.3 Å².